The van der Waals surface area contributed by atoms with E-state index in [-0.39, 0.29) is 0 Å². The average Bonchev–Trinajstić information content (AvgIpc) is 1.88. The van der Waals surface area contributed by atoms with Gasteiger partial charge in [0.15, 0.2) is 0 Å². The largest absolute Gasteiger partial charge is 0.382 e. The third-order valence-corrected chi connectivity index (χ3v) is 1.04. The zero-order chi connectivity index (χ0) is 7.56. The Bertz CT molecular complexity index is 209. The molecule has 5 heteroatoms. The van der Waals surface area contributed by atoms with Gasteiger partial charge in [-0.1, -0.05) is 0 Å². The molecule has 3 amide bonds. The van der Waals surface area contributed by atoms with Gasteiger partial charge in [0, 0.05) is 13.2 Å². The van der Waals surface area contributed by atoms with Gasteiger partial charge in [0.2, 0.25) is 0 Å². The van der Waals surface area contributed by atoms with Crippen LogP contribution in [0.4, 0.5) is 4.79 Å². The minimum atomic E-state index is -0.621. The number of carbonyl (C=O) groups is 2. The van der Waals surface area contributed by atoms with E-state index < -0.39 is 11.9 Å². The normalized spacial score (nSPS) is 17.1. The van der Waals surface area contributed by atoms with Crippen LogP contribution in [0, 0.1) is 0 Å². The van der Waals surface area contributed by atoms with E-state index in [4.69, 9.17) is 0 Å². The molecule has 1 aliphatic rings. The van der Waals surface area contributed by atoms with Crippen molar-refractivity contribution in [3.05, 3.63) is 11.9 Å². The summed E-state index contributed by atoms with van der Waals surface area (Å²) >= 11 is 0. The third-order valence-electron chi connectivity index (χ3n) is 1.04. The number of likely N-dealkylation sites (N-methyl/N-ethyl adjacent to an activating group) is 1. The van der Waals surface area contributed by atoms with E-state index >= 15 is 0 Å². The summed E-state index contributed by atoms with van der Waals surface area (Å²) < 4.78 is 0. The molecule has 0 unspecified atom stereocenters. The minimum absolute atomic E-state index is 0.291. The van der Waals surface area contributed by atoms with E-state index in [0.29, 0.717) is 5.70 Å². The highest BCUT2D eigenvalue weighted by molar-refractivity contribution is 6.05. The Kier molecular flexibility index (Phi) is 1.57. The van der Waals surface area contributed by atoms with Crippen LogP contribution in [0.25, 0.3) is 0 Å². The maximum atomic E-state index is 10.7. The lowest BCUT2D eigenvalue weighted by Gasteiger charge is -2.09. The standard InChI is InChI=1S/C5H6N3O2/c1-6-3-2-7-5(10)8-4(3)9/h2,6H,1H3,(H,7,10). The number of hydrogen-bond acceptors (Lipinski definition) is 3. The van der Waals surface area contributed by atoms with Crippen molar-refractivity contribution in [3.8, 4) is 0 Å². The van der Waals surface area contributed by atoms with Gasteiger partial charge in [0.1, 0.15) is 5.70 Å². The topological polar surface area (TPSA) is 72.3 Å². The van der Waals surface area contributed by atoms with E-state index in [9.17, 15) is 9.59 Å². The minimum Gasteiger partial charge on any atom is -0.382 e. The van der Waals surface area contributed by atoms with Crippen LogP contribution in [-0.4, -0.2) is 19.0 Å². The zero-order valence-electron chi connectivity index (χ0n) is 5.34. The molecule has 10 heavy (non-hydrogen) atoms. The molecule has 0 saturated heterocycles. The molecule has 53 valence electrons. The van der Waals surface area contributed by atoms with Crippen molar-refractivity contribution in [2.24, 2.45) is 0 Å². The van der Waals surface area contributed by atoms with Gasteiger partial charge in [-0.3, -0.25) is 4.79 Å². The van der Waals surface area contributed by atoms with Gasteiger partial charge < -0.3 is 10.6 Å². The van der Waals surface area contributed by atoms with Gasteiger partial charge in [-0.25, -0.2) is 4.79 Å². The molecule has 1 rings (SSSR count). The Labute approximate surface area is 57.5 Å². The molecule has 0 aromatic carbocycles. The summed E-state index contributed by atoms with van der Waals surface area (Å²) in [5.41, 5.74) is 0.291. The molecule has 0 saturated carbocycles. The number of imide groups is 1. The summed E-state index contributed by atoms with van der Waals surface area (Å²) in [5.74, 6) is -0.536. The Hall–Kier alpha value is -1.52. The molecule has 1 aliphatic heterocycles. The smallest absolute Gasteiger partial charge is 0.348 e. The maximum Gasteiger partial charge on any atom is 0.348 e. The summed E-state index contributed by atoms with van der Waals surface area (Å²) in [5, 5.41) is 7.96. The van der Waals surface area contributed by atoms with Crippen molar-refractivity contribution in [1.82, 2.24) is 16.0 Å². The van der Waals surface area contributed by atoms with Crippen molar-refractivity contribution in [2.45, 2.75) is 0 Å². The molecule has 5 nitrogen and oxygen atoms in total. The van der Waals surface area contributed by atoms with E-state index in [0.717, 1.165) is 0 Å². The number of urea groups is 1. The first-order valence-corrected chi connectivity index (χ1v) is 2.68. The second-order valence-electron chi connectivity index (χ2n) is 1.67. The molecule has 0 aromatic heterocycles. The van der Waals surface area contributed by atoms with Gasteiger partial charge in [-0.05, 0) is 0 Å². The lowest BCUT2D eigenvalue weighted by atomic mass is 10.4. The Morgan fingerprint density at radius 2 is 2.30 bits per heavy atom. The second-order valence-corrected chi connectivity index (χ2v) is 1.67. The summed E-state index contributed by atoms with van der Waals surface area (Å²) in [6.45, 7) is 0. The molecular formula is C5H6N3O2. The Balaban J connectivity index is 2.75. The SMILES string of the molecule is CNC1=CNC(=O)[N]C1=O. The van der Waals surface area contributed by atoms with Gasteiger partial charge in [0.05, 0.1) is 0 Å². The van der Waals surface area contributed by atoms with Crippen molar-refractivity contribution < 1.29 is 9.59 Å². The summed E-state index contributed by atoms with van der Waals surface area (Å²) in [4.78, 5) is 21.0. The number of nitrogens with one attached hydrogen (secondary N) is 2. The van der Waals surface area contributed by atoms with Crippen LogP contribution < -0.4 is 16.0 Å². The van der Waals surface area contributed by atoms with Crippen LogP contribution >= 0.6 is 0 Å². The van der Waals surface area contributed by atoms with Crippen LogP contribution in [0.1, 0.15) is 0 Å². The van der Waals surface area contributed by atoms with Crippen LogP contribution in [0.3, 0.4) is 0 Å². The second kappa shape index (κ2) is 2.38. The number of carbonyl (C=O) groups excluding carboxylic acids is 2. The fourth-order valence-corrected chi connectivity index (χ4v) is 0.559. The van der Waals surface area contributed by atoms with Crippen molar-refractivity contribution in [2.75, 3.05) is 7.05 Å². The van der Waals surface area contributed by atoms with E-state index in [1.807, 2.05) is 0 Å². The Morgan fingerprint density at radius 1 is 1.60 bits per heavy atom. The van der Waals surface area contributed by atoms with Crippen LogP contribution in [0.2, 0.25) is 0 Å². The highest BCUT2D eigenvalue weighted by Gasteiger charge is 2.18. The van der Waals surface area contributed by atoms with Gasteiger partial charge in [0.25, 0.3) is 5.91 Å². The van der Waals surface area contributed by atoms with E-state index in [1.54, 1.807) is 7.05 Å². The van der Waals surface area contributed by atoms with Crippen LogP contribution in [0.15, 0.2) is 11.9 Å². The number of amides is 3. The average molecular weight is 140 g/mol. The van der Waals surface area contributed by atoms with Gasteiger partial charge in [-0.2, -0.15) is 5.32 Å². The molecule has 0 aromatic rings. The molecule has 1 heterocycles. The first-order chi connectivity index (χ1) is 4.74. The Morgan fingerprint density at radius 3 is 2.80 bits per heavy atom. The molecule has 2 N–H and O–H groups in total. The highest BCUT2D eigenvalue weighted by atomic mass is 16.2. The fourth-order valence-electron chi connectivity index (χ4n) is 0.559. The molecular weight excluding hydrogens is 134 g/mol. The monoisotopic (exact) mass is 140 g/mol. The predicted molar refractivity (Wildman–Crippen MR) is 32.8 cm³/mol. The van der Waals surface area contributed by atoms with E-state index in [2.05, 4.69) is 16.0 Å². The fraction of sp³-hybridized carbons (Fsp3) is 0.200. The molecule has 0 atom stereocenters. The van der Waals surface area contributed by atoms with Gasteiger partial charge >= 0.3 is 6.03 Å². The van der Waals surface area contributed by atoms with Crippen LogP contribution in [0.5, 0.6) is 0 Å². The zero-order valence-corrected chi connectivity index (χ0v) is 5.34. The molecule has 1 radical (unpaired) electrons. The van der Waals surface area contributed by atoms with Gasteiger partial charge in [-0.15, -0.1) is 0 Å². The van der Waals surface area contributed by atoms with Crippen molar-refractivity contribution in [1.29, 1.82) is 0 Å². The maximum absolute atomic E-state index is 10.7. The lowest BCUT2D eigenvalue weighted by molar-refractivity contribution is -0.117. The van der Waals surface area contributed by atoms with Crippen molar-refractivity contribution >= 4 is 11.9 Å². The number of hydrogen-bond donors (Lipinski definition) is 2. The molecule has 0 bridgehead atoms. The van der Waals surface area contributed by atoms with E-state index in [1.165, 1.54) is 6.20 Å². The first-order valence-electron chi connectivity index (χ1n) is 2.68. The number of rotatable bonds is 1. The number of nitrogens with zero attached hydrogens (tertiary/aromatic N) is 1. The lowest BCUT2D eigenvalue weighted by Crippen LogP contribution is -2.40. The highest BCUT2D eigenvalue weighted by Crippen LogP contribution is 1.92. The quantitative estimate of drug-likeness (QED) is 0.485. The summed E-state index contributed by atoms with van der Waals surface area (Å²) in [7, 11) is 1.58. The molecule has 0 aliphatic carbocycles. The summed E-state index contributed by atoms with van der Waals surface area (Å²) in [6, 6.07) is -0.621. The summed E-state index contributed by atoms with van der Waals surface area (Å²) in [6.07, 6.45) is 1.29. The third kappa shape index (κ3) is 1.07. The van der Waals surface area contributed by atoms with Crippen molar-refractivity contribution in [3.63, 3.8) is 0 Å². The molecule has 0 fully saturated rings. The molecule has 0 spiro atoms. The van der Waals surface area contributed by atoms with Crippen LogP contribution in [-0.2, 0) is 4.79 Å². The first kappa shape index (κ1) is 6.60. The predicted octanol–water partition coefficient (Wildman–Crippen LogP) is -1.10.